The van der Waals surface area contributed by atoms with Gasteiger partial charge >= 0.3 is 5.69 Å². The number of carbonyl (C=O) groups excluding carboxylic acids is 1. The summed E-state index contributed by atoms with van der Waals surface area (Å²) in [6.07, 6.45) is 0.605. The molecule has 1 fully saturated rings. The molecule has 1 saturated heterocycles. The van der Waals surface area contributed by atoms with Gasteiger partial charge in [0.05, 0.1) is 30.8 Å². The Morgan fingerprint density at radius 3 is 2.62 bits per heavy atom. The van der Waals surface area contributed by atoms with Gasteiger partial charge in [-0.05, 0) is 18.1 Å². The molecule has 21 heavy (non-hydrogen) atoms. The van der Waals surface area contributed by atoms with E-state index in [-0.39, 0.29) is 22.9 Å². The molecule has 1 aromatic rings. The number of methoxy groups -OCH3 is 1. The number of ether oxygens (including phenoxy) is 2. The summed E-state index contributed by atoms with van der Waals surface area (Å²) in [6, 6.07) is 3.12. The molecule has 0 radical (unpaired) electrons. The molecule has 114 valence electrons. The van der Waals surface area contributed by atoms with Crippen molar-refractivity contribution in [1.29, 1.82) is 0 Å². The summed E-state index contributed by atoms with van der Waals surface area (Å²) in [4.78, 5) is 24.9. The topological polar surface area (TPSA) is 81.9 Å². The number of benzene rings is 1. The van der Waals surface area contributed by atoms with Crippen molar-refractivity contribution in [1.82, 2.24) is 4.90 Å². The van der Waals surface area contributed by atoms with E-state index in [1.54, 1.807) is 11.0 Å². The fraction of sp³-hybridized carbons (Fsp3) is 0.500. The highest BCUT2D eigenvalue weighted by molar-refractivity contribution is 5.98. The van der Waals surface area contributed by atoms with Gasteiger partial charge in [-0.15, -0.1) is 0 Å². The summed E-state index contributed by atoms with van der Waals surface area (Å²) < 4.78 is 10.3. The van der Waals surface area contributed by atoms with Crippen LogP contribution in [0.4, 0.5) is 5.69 Å². The smallest absolute Gasteiger partial charge is 0.312 e. The van der Waals surface area contributed by atoms with Gasteiger partial charge in [0.1, 0.15) is 0 Å². The molecule has 0 N–H and O–H groups in total. The average molecular weight is 294 g/mol. The second kappa shape index (κ2) is 6.53. The second-order valence-electron chi connectivity index (χ2n) is 4.71. The quantitative estimate of drug-likeness (QED) is 0.623. The maximum Gasteiger partial charge on any atom is 0.312 e. The summed E-state index contributed by atoms with van der Waals surface area (Å²) in [5.74, 6) is -0.234. The molecule has 0 unspecified atom stereocenters. The van der Waals surface area contributed by atoms with E-state index < -0.39 is 4.92 Å². The zero-order valence-electron chi connectivity index (χ0n) is 12.1. The lowest BCUT2D eigenvalue weighted by molar-refractivity contribution is -0.385. The molecular weight excluding hydrogens is 276 g/mol. The average Bonchev–Trinajstić information content (AvgIpc) is 2.53. The van der Waals surface area contributed by atoms with E-state index in [2.05, 4.69) is 0 Å². The number of carbonyl (C=O) groups is 1. The van der Waals surface area contributed by atoms with E-state index in [9.17, 15) is 14.9 Å². The number of hydrogen-bond donors (Lipinski definition) is 0. The van der Waals surface area contributed by atoms with Crippen molar-refractivity contribution < 1.29 is 19.2 Å². The molecule has 0 spiro atoms. The molecule has 1 aliphatic rings. The van der Waals surface area contributed by atoms with Crippen LogP contribution in [0.25, 0.3) is 0 Å². The van der Waals surface area contributed by atoms with E-state index in [0.717, 1.165) is 5.56 Å². The molecule has 2 rings (SSSR count). The van der Waals surface area contributed by atoms with Crippen molar-refractivity contribution >= 4 is 11.6 Å². The number of aryl methyl sites for hydroxylation is 1. The normalized spacial score (nSPS) is 14.9. The van der Waals surface area contributed by atoms with Crippen LogP contribution in [0.15, 0.2) is 12.1 Å². The number of rotatable bonds is 4. The van der Waals surface area contributed by atoms with E-state index in [1.807, 2.05) is 6.92 Å². The van der Waals surface area contributed by atoms with Crippen molar-refractivity contribution in [2.24, 2.45) is 0 Å². The predicted molar refractivity (Wildman–Crippen MR) is 75.7 cm³/mol. The van der Waals surface area contributed by atoms with Crippen molar-refractivity contribution in [2.45, 2.75) is 13.3 Å². The largest absolute Gasteiger partial charge is 0.490 e. The highest BCUT2D eigenvalue weighted by atomic mass is 16.6. The van der Waals surface area contributed by atoms with E-state index in [1.165, 1.54) is 13.2 Å². The Hall–Kier alpha value is -2.15. The second-order valence-corrected chi connectivity index (χ2v) is 4.71. The van der Waals surface area contributed by atoms with Crippen LogP contribution in [0, 0.1) is 10.1 Å². The molecule has 0 saturated carbocycles. The predicted octanol–water partition coefficient (Wildman–Crippen LogP) is 1.64. The molecule has 1 aliphatic heterocycles. The Bertz CT molecular complexity index is 553. The fourth-order valence-corrected chi connectivity index (χ4v) is 2.32. The molecule has 1 amide bonds. The van der Waals surface area contributed by atoms with Gasteiger partial charge in [0.2, 0.25) is 5.75 Å². The first-order valence-corrected chi connectivity index (χ1v) is 6.80. The minimum atomic E-state index is -0.520. The molecule has 7 nitrogen and oxygen atoms in total. The highest BCUT2D eigenvalue weighted by Crippen LogP contribution is 2.33. The summed E-state index contributed by atoms with van der Waals surface area (Å²) in [6.45, 7) is 3.79. The van der Waals surface area contributed by atoms with Gasteiger partial charge in [0.15, 0.2) is 0 Å². The minimum Gasteiger partial charge on any atom is -0.490 e. The molecule has 0 atom stereocenters. The van der Waals surface area contributed by atoms with Crippen molar-refractivity contribution in [3.05, 3.63) is 33.4 Å². The van der Waals surface area contributed by atoms with Gasteiger partial charge in [0.25, 0.3) is 5.91 Å². The summed E-state index contributed by atoms with van der Waals surface area (Å²) in [7, 11) is 1.34. The highest BCUT2D eigenvalue weighted by Gasteiger charge is 2.28. The Balaban J connectivity index is 2.47. The Morgan fingerprint density at radius 2 is 2.10 bits per heavy atom. The van der Waals surface area contributed by atoms with Crippen molar-refractivity contribution in [3.8, 4) is 5.75 Å². The fourth-order valence-electron chi connectivity index (χ4n) is 2.32. The molecule has 1 aromatic carbocycles. The van der Waals surface area contributed by atoms with Gasteiger partial charge in [-0.1, -0.05) is 6.92 Å². The van der Waals surface area contributed by atoms with Gasteiger partial charge in [-0.3, -0.25) is 14.9 Å². The van der Waals surface area contributed by atoms with Crippen LogP contribution < -0.4 is 4.74 Å². The lowest BCUT2D eigenvalue weighted by Gasteiger charge is -2.27. The summed E-state index contributed by atoms with van der Waals surface area (Å²) in [5, 5.41) is 11.2. The van der Waals surface area contributed by atoms with Crippen LogP contribution in [-0.2, 0) is 11.2 Å². The third kappa shape index (κ3) is 3.13. The first-order chi connectivity index (χ1) is 10.1. The number of morpholine rings is 1. The molecule has 1 heterocycles. The van der Waals surface area contributed by atoms with Crippen LogP contribution in [0.5, 0.6) is 5.75 Å². The number of amides is 1. The maximum atomic E-state index is 12.6. The number of nitro benzene ring substituents is 1. The van der Waals surface area contributed by atoms with Crippen molar-refractivity contribution in [3.63, 3.8) is 0 Å². The summed E-state index contributed by atoms with van der Waals surface area (Å²) in [5.41, 5.74) is 0.804. The van der Waals surface area contributed by atoms with Crippen molar-refractivity contribution in [2.75, 3.05) is 33.4 Å². The SMILES string of the molecule is CCc1cc(C(=O)N2CCOCC2)c(OC)c([N+](=O)[O-])c1. The molecule has 0 aliphatic carbocycles. The number of nitro groups is 1. The Labute approximate surface area is 122 Å². The molecule has 0 aromatic heterocycles. The van der Waals surface area contributed by atoms with Crippen LogP contribution in [0.1, 0.15) is 22.8 Å². The first-order valence-electron chi connectivity index (χ1n) is 6.80. The maximum absolute atomic E-state index is 12.6. The van der Waals surface area contributed by atoms with Gasteiger partial charge in [0, 0.05) is 19.2 Å². The Kier molecular flexibility index (Phi) is 4.74. The van der Waals surface area contributed by atoms with Gasteiger partial charge in [-0.25, -0.2) is 0 Å². The zero-order valence-corrected chi connectivity index (χ0v) is 12.1. The van der Waals surface area contributed by atoms with Crippen LogP contribution in [0.3, 0.4) is 0 Å². The van der Waals surface area contributed by atoms with E-state index in [4.69, 9.17) is 9.47 Å². The number of hydrogen-bond acceptors (Lipinski definition) is 5. The minimum absolute atomic E-state index is 0.0219. The molecular formula is C14H18N2O5. The van der Waals surface area contributed by atoms with Crippen LogP contribution >= 0.6 is 0 Å². The lowest BCUT2D eigenvalue weighted by atomic mass is 10.0. The lowest BCUT2D eigenvalue weighted by Crippen LogP contribution is -2.40. The Morgan fingerprint density at radius 1 is 1.43 bits per heavy atom. The zero-order chi connectivity index (χ0) is 15.4. The third-order valence-electron chi connectivity index (χ3n) is 3.47. The van der Waals surface area contributed by atoms with Gasteiger partial charge in [-0.2, -0.15) is 0 Å². The summed E-state index contributed by atoms with van der Waals surface area (Å²) >= 11 is 0. The standard InChI is InChI=1S/C14H18N2O5/c1-3-10-8-11(13(20-2)12(9-10)16(18)19)14(17)15-4-6-21-7-5-15/h8-9H,3-7H2,1-2H3. The first kappa shape index (κ1) is 15.2. The van der Waals surface area contributed by atoms with Crippen LogP contribution in [-0.4, -0.2) is 49.1 Å². The van der Waals surface area contributed by atoms with E-state index >= 15 is 0 Å². The third-order valence-corrected chi connectivity index (χ3v) is 3.47. The molecule has 7 heteroatoms. The monoisotopic (exact) mass is 294 g/mol. The number of nitrogens with zero attached hydrogens (tertiary/aromatic N) is 2. The van der Waals surface area contributed by atoms with Gasteiger partial charge < -0.3 is 14.4 Å². The molecule has 0 bridgehead atoms. The van der Waals surface area contributed by atoms with Crippen LogP contribution in [0.2, 0.25) is 0 Å². The van der Waals surface area contributed by atoms with E-state index in [0.29, 0.717) is 32.7 Å².